The third-order valence-electron chi connectivity index (χ3n) is 2.90. The monoisotopic (exact) mass is 370 g/mol. The van der Waals surface area contributed by atoms with Gasteiger partial charge < -0.3 is 10.1 Å². The van der Waals surface area contributed by atoms with Crippen molar-refractivity contribution in [1.82, 2.24) is 0 Å². The van der Waals surface area contributed by atoms with Gasteiger partial charge in [0.2, 0.25) is 10.0 Å². The number of nitrogens with two attached hydrogens (primary N) is 1. The topological polar surface area (TPSA) is 81.4 Å². The smallest absolute Gasteiger partial charge is 0.238 e. The van der Waals surface area contributed by atoms with Crippen molar-refractivity contribution in [1.29, 1.82) is 0 Å². The van der Waals surface area contributed by atoms with Crippen LogP contribution in [0.5, 0.6) is 5.75 Å². The zero-order chi connectivity index (χ0) is 15.5. The van der Waals surface area contributed by atoms with Crippen LogP contribution in [-0.2, 0) is 16.6 Å². The van der Waals surface area contributed by atoms with E-state index in [-0.39, 0.29) is 4.90 Å². The Bertz CT molecular complexity index is 730. The van der Waals surface area contributed by atoms with Gasteiger partial charge in [0, 0.05) is 11.0 Å². The number of rotatable bonds is 5. The molecule has 3 N–H and O–H groups in total. The second-order valence-corrected chi connectivity index (χ2v) is 6.86. The molecule has 0 heterocycles. The fourth-order valence-electron chi connectivity index (χ4n) is 1.80. The summed E-state index contributed by atoms with van der Waals surface area (Å²) in [5, 5.41) is 8.29. The maximum absolute atomic E-state index is 11.4. The Morgan fingerprint density at radius 3 is 2.43 bits per heavy atom. The summed E-state index contributed by atoms with van der Waals surface area (Å²) in [5.74, 6) is 0.555. The highest BCUT2D eigenvalue weighted by molar-refractivity contribution is 9.10. The number of sulfonamides is 1. The van der Waals surface area contributed by atoms with Gasteiger partial charge in [-0.1, -0.05) is 28.1 Å². The molecule has 0 radical (unpaired) electrons. The van der Waals surface area contributed by atoms with Crippen LogP contribution in [0.2, 0.25) is 0 Å². The molecule has 0 fully saturated rings. The Balaban J connectivity index is 2.23. The first-order valence-corrected chi connectivity index (χ1v) is 8.43. The van der Waals surface area contributed by atoms with Crippen LogP contribution in [0.15, 0.2) is 51.8 Å². The number of methoxy groups -OCH3 is 1. The standard InChI is InChI=1S/C14H15BrN2O3S/c1-20-14-7-6-12(21(16,18)19)8-13(14)17-9-10-2-4-11(15)5-3-10/h2-8,17H,9H2,1H3,(H2,16,18,19). The van der Waals surface area contributed by atoms with Gasteiger partial charge >= 0.3 is 0 Å². The molecule has 2 rings (SSSR count). The molecule has 0 aliphatic heterocycles. The molecule has 7 heteroatoms. The van der Waals surface area contributed by atoms with Crippen molar-refractivity contribution in [3.8, 4) is 5.75 Å². The Hall–Kier alpha value is -1.57. The van der Waals surface area contributed by atoms with E-state index in [0.29, 0.717) is 18.0 Å². The van der Waals surface area contributed by atoms with Crippen LogP contribution in [-0.4, -0.2) is 15.5 Å². The molecule has 0 aliphatic carbocycles. The Morgan fingerprint density at radius 1 is 1.19 bits per heavy atom. The summed E-state index contributed by atoms with van der Waals surface area (Å²) in [6, 6.07) is 12.3. The number of halogens is 1. The normalized spacial score (nSPS) is 11.2. The summed E-state index contributed by atoms with van der Waals surface area (Å²) in [6.07, 6.45) is 0. The van der Waals surface area contributed by atoms with Crippen molar-refractivity contribution in [3.63, 3.8) is 0 Å². The molecular weight excluding hydrogens is 356 g/mol. The summed E-state index contributed by atoms with van der Waals surface area (Å²) < 4.78 is 29.0. The van der Waals surface area contributed by atoms with Gasteiger partial charge in [0.25, 0.3) is 0 Å². The van der Waals surface area contributed by atoms with E-state index in [1.807, 2.05) is 24.3 Å². The number of primary sulfonamides is 1. The van der Waals surface area contributed by atoms with Gasteiger partial charge in [-0.05, 0) is 35.9 Å². The van der Waals surface area contributed by atoms with Crippen LogP contribution < -0.4 is 15.2 Å². The zero-order valence-corrected chi connectivity index (χ0v) is 13.7. The lowest BCUT2D eigenvalue weighted by Crippen LogP contribution is -2.12. The fourth-order valence-corrected chi connectivity index (χ4v) is 2.61. The molecule has 5 nitrogen and oxygen atoms in total. The molecule has 2 aromatic carbocycles. The lowest BCUT2D eigenvalue weighted by atomic mass is 10.2. The van der Waals surface area contributed by atoms with Crippen LogP contribution in [0.1, 0.15) is 5.56 Å². The predicted octanol–water partition coefficient (Wildman–Crippen LogP) is 2.72. The van der Waals surface area contributed by atoms with Crippen molar-refractivity contribution in [2.75, 3.05) is 12.4 Å². The van der Waals surface area contributed by atoms with Gasteiger partial charge in [-0.2, -0.15) is 0 Å². The maximum atomic E-state index is 11.4. The van der Waals surface area contributed by atoms with Crippen molar-refractivity contribution >= 4 is 31.6 Å². The summed E-state index contributed by atoms with van der Waals surface area (Å²) in [4.78, 5) is 0.0432. The van der Waals surface area contributed by atoms with Crippen molar-refractivity contribution in [3.05, 3.63) is 52.5 Å². The number of hydrogen-bond donors (Lipinski definition) is 2. The number of nitrogens with one attached hydrogen (secondary N) is 1. The Labute approximate surface area is 132 Å². The Kier molecular flexibility index (Phi) is 4.87. The second kappa shape index (κ2) is 6.46. The van der Waals surface area contributed by atoms with Gasteiger partial charge in [0.15, 0.2) is 0 Å². The van der Waals surface area contributed by atoms with Crippen molar-refractivity contribution < 1.29 is 13.2 Å². The van der Waals surface area contributed by atoms with E-state index < -0.39 is 10.0 Å². The van der Waals surface area contributed by atoms with Gasteiger partial charge in [0.05, 0.1) is 17.7 Å². The first-order valence-electron chi connectivity index (χ1n) is 6.09. The molecule has 0 bridgehead atoms. The number of ether oxygens (including phenoxy) is 1. The summed E-state index contributed by atoms with van der Waals surface area (Å²) in [6.45, 7) is 0.539. The van der Waals surface area contributed by atoms with E-state index >= 15 is 0 Å². The molecule has 112 valence electrons. The largest absolute Gasteiger partial charge is 0.495 e. The maximum Gasteiger partial charge on any atom is 0.238 e. The molecule has 0 saturated carbocycles. The van der Waals surface area contributed by atoms with Crippen molar-refractivity contribution in [2.24, 2.45) is 5.14 Å². The fraction of sp³-hybridized carbons (Fsp3) is 0.143. The van der Waals surface area contributed by atoms with Crippen LogP contribution in [0.3, 0.4) is 0 Å². The average Bonchev–Trinajstić information content (AvgIpc) is 2.45. The van der Waals surface area contributed by atoms with E-state index in [0.717, 1.165) is 10.0 Å². The quantitative estimate of drug-likeness (QED) is 0.847. The number of anilines is 1. The first kappa shape index (κ1) is 15.8. The van der Waals surface area contributed by atoms with E-state index in [2.05, 4.69) is 21.2 Å². The molecule has 0 atom stereocenters. The van der Waals surface area contributed by atoms with Crippen molar-refractivity contribution in [2.45, 2.75) is 11.4 Å². The number of hydrogen-bond acceptors (Lipinski definition) is 4. The lowest BCUT2D eigenvalue weighted by Gasteiger charge is -2.12. The molecule has 0 amide bonds. The van der Waals surface area contributed by atoms with Crippen LogP contribution in [0, 0.1) is 0 Å². The SMILES string of the molecule is COc1ccc(S(N)(=O)=O)cc1NCc1ccc(Br)cc1. The molecule has 21 heavy (non-hydrogen) atoms. The zero-order valence-electron chi connectivity index (χ0n) is 11.3. The van der Waals surface area contributed by atoms with E-state index in [4.69, 9.17) is 9.88 Å². The summed E-state index contributed by atoms with van der Waals surface area (Å²) in [7, 11) is -2.22. The molecule has 0 saturated heterocycles. The Morgan fingerprint density at radius 2 is 1.86 bits per heavy atom. The highest BCUT2D eigenvalue weighted by Gasteiger charge is 2.11. The highest BCUT2D eigenvalue weighted by Crippen LogP contribution is 2.27. The lowest BCUT2D eigenvalue weighted by molar-refractivity contribution is 0.416. The van der Waals surface area contributed by atoms with Gasteiger partial charge in [-0.15, -0.1) is 0 Å². The third-order valence-corrected chi connectivity index (χ3v) is 4.34. The summed E-state index contributed by atoms with van der Waals surface area (Å²) >= 11 is 3.37. The van der Waals surface area contributed by atoms with Gasteiger partial charge in [-0.25, -0.2) is 13.6 Å². The molecule has 0 aliphatic rings. The summed E-state index contributed by atoms with van der Waals surface area (Å²) in [5.41, 5.74) is 1.63. The first-order chi connectivity index (χ1) is 9.90. The molecule has 0 spiro atoms. The van der Waals surface area contributed by atoms with Crippen LogP contribution in [0.4, 0.5) is 5.69 Å². The molecule has 0 unspecified atom stereocenters. The predicted molar refractivity (Wildman–Crippen MR) is 85.8 cm³/mol. The van der Waals surface area contributed by atoms with Crippen LogP contribution in [0.25, 0.3) is 0 Å². The van der Waals surface area contributed by atoms with Gasteiger partial charge in [-0.3, -0.25) is 0 Å². The number of benzene rings is 2. The minimum absolute atomic E-state index is 0.0432. The van der Waals surface area contributed by atoms with Gasteiger partial charge in [0.1, 0.15) is 5.75 Å². The van der Waals surface area contributed by atoms with E-state index in [9.17, 15) is 8.42 Å². The average molecular weight is 371 g/mol. The highest BCUT2D eigenvalue weighted by atomic mass is 79.9. The minimum atomic E-state index is -3.74. The van der Waals surface area contributed by atoms with E-state index in [1.54, 1.807) is 6.07 Å². The third kappa shape index (κ3) is 4.20. The van der Waals surface area contributed by atoms with E-state index in [1.165, 1.54) is 19.2 Å². The molecule has 2 aromatic rings. The second-order valence-electron chi connectivity index (χ2n) is 4.39. The molecular formula is C14H15BrN2O3S. The molecule has 0 aromatic heterocycles. The van der Waals surface area contributed by atoms with Crippen LogP contribution >= 0.6 is 15.9 Å². The minimum Gasteiger partial charge on any atom is -0.495 e.